The predicted molar refractivity (Wildman–Crippen MR) is 160 cm³/mol. The van der Waals surface area contributed by atoms with Gasteiger partial charge in [0, 0.05) is 0 Å². The smallest absolute Gasteiger partial charge is 0.0616 e. The molecule has 0 saturated heterocycles. The van der Waals surface area contributed by atoms with E-state index in [9.17, 15) is 9.59 Å². The summed E-state index contributed by atoms with van der Waals surface area (Å²) in [7, 11) is 0. The first-order valence-corrected chi connectivity index (χ1v) is 14.6. The molecule has 1 aliphatic heterocycles. The summed E-state index contributed by atoms with van der Waals surface area (Å²) in [5.41, 5.74) is 2.92. The molecule has 0 bridgehead atoms. The van der Waals surface area contributed by atoms with Crippen LogP contribution in [0.15, 0.2) is 115 Å². The van der Waals surface area contributed by atoms with Gasteiger partial charge in [0.2, 0.25) is 0 Å². The zero-order valence-corrected chi connectivity index (χ0v) is 22.7. The van der Waals surface area contributed by atoms with Crippen molar-refractivity contribution in [3.63, 3.8) is 0 Å². The monoisotopic (exact) mass is 581 g/mol. The molecule has 2 aliphatic rings. The van der Waals surface area contributed by atoms with E-state index in [1.165, 1.54) is 8.92 Å². The third kappa shape index (κ3) is 3.34. The van der Waals surface area contributed by atoms with Gasteiger partial charge in [-0.05, 0) is 10.8 Å². The number of benzene rings is 4. The van der Waals surface area contributed by atoms with Crippen molar-refractivity contribution in [2.24, 2.45) is 0 Å². The van der Waals surface area contributed by atoms with Crippen molar-refractivity contribution >= 4 is 80.4 Å². The number of allylic oxidation sites excluding steroid dienone is 1. The number of fused-ring (bicyclic) bond motifs is 8. The van der Waals surface area contributed by atoms with E-state index < -0.39 is 0 Å². The molecule has 0 fully saturated rings. The van der Waals surface area contributed by atoms with Gasteiger partial charge in [-0.1, -0.05) is 48.5 Å². The molecule has 2 aromatic heterocycles. The van der Waals surface area contributed by atoms with Crippen LogP contribution in [0.3, 0.4) is 0 Å². The maximum atomic E-state index is 13.7. The van der Waals surface area contributed by atoms with Crippen LogP contribution in [0, 0.1) is 0 Å². The first kappa shape index (κ1) is 23.0. The van der Waals surface area contributed by atoms with E-state index in [2.05, 4.69) is 34.1 Å². The van der Waals surface area contributed by atoms with Gasteiger partial charge in [-0.2, -0.15) is 0 Å². The minimum Gasteiger partial charge on any atom is -0.0616 e. The molecule has 6 aromatic rings. The van der Waals surface area contributed by atoms with E-state index in [1.807, 2.05) is 72.8 Å². The van der Waals surface area contributed by atoms with Gasteiger partial charge < -0.3 is 0 Å². The van der Waals surface area contributed by atoms with Crippen LogP contribution < -0.4 is 13.8 Å². The normalized spacial score (nSPS) is 13.9. The minimum atomic E-state index is -0.239. The molecule has 0 saturated carbocycles. The number of ketones is 2. The van der Waals surface area contributed by atoms with Gasteiger partial charge in [0.15, 0.2) is 0 Å². The standard InChI is InChI=1S/C34H19N3O2Se/c38-32-25(33(39)31-24-11-4-2-9-22(24)21-8-1-3-10-23(21)30(31)32)18-20-15-16-29(36-19-20)37-26-12-5-6-13-27(26)40-28-14-7-17-35-34(28)37/h1-19H. The third-order valence-electron chi connectivity index (χ3n) is 7.48. The maximum absolute atomic E-state index is 13.7. The van der Waals surface area contributed by atoms with Crippen molar-refractivity contribution in [3.8, 4) is 0 Å². The Morgan fingerprint density at radius 2 is 1.25 bits per heavy atom. The topological polar surface area (TPSA) is 63.2 Å². The first-order chi connectivity index (χ1) is 19.7. The number of anilines is 3. The summed E-state index contributed by atoms with van der Waals surface area (Å²) in [4.78, 5) is 39.0. The fourth-order valence-corrected chi connectivity index (χ4v) is 7.88. The Balaban J connectivity index is 1.22. The Hall–Kier alpha value is -4.90. The molecule has 1 aliphatic carbocycles. The molecule has 0 unspecified atom stereocenters. The molecule has 40 heavy (non-hydrogen) atoms. The van der Waals surface area contributed by atoms with E-state index in [0.717, 1.165) is 38.9 Å². The Labute approximate surface area is 236 Å². The van der Waals surface area contributed by atoms with Crippen LogP contribution in [0.25, 0.3) is 27.6 Å². The zero-order chi connectivity index (χ0) is 26.8. The van der Waals surface area contributed by atoms with Crippen LogP contribution in [-0.4, -0.2) is 36.5 Å². The molecule has 0 amide bonds. The van der Waals surface area contributed by atoms with Crippen molar-refractivity contribution in [1.29, 1.82) is 0 Å². The number of pyridine rings is 2. The van der Waals surface area contributed by atoms with E-state index in [1.54, 1.807) is 18.5 Å². The number of carbonyl (C=O) groups excluding carboxylic acids is 2. The van der Waals surface area contributed by atoms with Gasteiger partial charge >= 0.3 is 177 Å². The van der Waals surface area contributed by atoms with Gasteiger partial charge in [0.05, 0.1) is 0 Å². The molecule has 3 heterocycles. The Morgan fingerprint density at radius 3 is 1.93 bits per heavy atom. The molecule has 6 heteroatoms. The summed E-state index contributed by atoms with van der Waals surface area (Å²) < 4.78 is 2.46. The molecular weight excluding hydrogens is 561 g/mol. The summed E-state index contributed by atoms with van der Waals surface area (Å²) in [5, 5.41) is 3.57. The molecule has 8 rings (SSSR count). The van der Waals surface area contributed by atoms with E-state index in [0.29, 0.717) is 16.7 Å². The summed E-state index contributed by atoms with van der Waals surface area (Å²) in [5.74, 6) is 1.14. The molecular formula is C34H19N3O2Se. The zero-order valence-electron chi connectivity index (χ0n) is 21.0. The number of nitrogens with zero attached hydrogens (tertiary/aromatic N) is 3. The van der Waals surface area contributed by atoms with E-state index in [4.69, 9.17) is 4.98 Å². The fraction of sp³-hybridized carbons (Fsp3) is 0. The number of para-hydroxylation sites is 1. The van der Waals surface area contributed by atoms with Crippen LogP contribution in [0.2, 0.25) is 0 Å². The minimum absolute atomic E-state index is 0.160. The van der Waals surface area contributed by atoms with Crippen LogP contribution >= 0.6 is 0 Å². The second kappa shape index (κ2) is 8.82. The van der Waals surface area contributed by atoms with Crippen LogP contribution in [-0.2, 0) is 0 Å². The van der Waals surface area contributed by atoms with Crippen molar-refractivity contribution in [2.75, 3.05) is 4.90 Å². The summed E-state index contributed by atoms with van der Waals surface area (Å²) >= 11 is 0.160. The molecule has 0 N–H and O–H groups in total. The number of Topliss-reactive ketones (excluding diaryl/α,β-unsaturated/α-hetero) is 2. The Morgan fingerprint density at radius 1 is 0.625 bits per heavy atom. The van der Waals surface area contributed by atoms with Gasteiger partial charge in [-0.15, -0.1) is 0 Å². The Kier molecular flexibility index (Phi) is 5.07. The van der Waals surface area contributed by atoms with Gasteiger partial charge in [0.1, 0.15) is 0 Å². The van der Waals surface area contributed by atoms with E-state index in [-0.39, 0.29) is 32.1 Å². The van der Waals surface area contributed by atoms with Crippen molar-refractivity contribution < 1.29 is 9.59 Å². The number of rotatable bonds is 2. The number of hydrogen-bond donors (Lipinski definition) is 0. The van der Waals surface area contributed by atoms with Crippen LogP contribution in [0.4, 0.5) is 17.3 Å². The number of hydrogen-bond acceptors (Lipinski definition) is 5. The Bertz CT molecular complexity index is 1960. The number of carbonyl (C=O) groups is 2. The van der Waals surface area contributed by atoms with Gasteiger partial charge in [-0.25, -0.2) is 0 Å². The molecule has 0 atom stereocenters. The quantitative estimate of drug-likeness (QED) is 0.114. The van der Waals surface area contributed by atoms with Gasteiger partial charge in [-0.3, -0.25) is 0 Å². The first-order valence-electron chi connectivity index (χ1n) is 12.9. The molecule has 5 nitrogen and oxygen atoms in total. The summed E-state index contributed by atoms with van der Waals surface area (Å²) in [6, 6.07) is 31.8. The SMILES string of the molecule is O=C1C(=Cc2ccc(N3c4ccccc4[Se]c4cccnc43)nc2)C(=O)c2c1c1ccccc1c1ccccc21. The third-order valence-corrected chi connectivity index (χ3v) is 9.79. The molecule has 188 valence electrons. The van der Waals surface area contributed by atoms with E-state index >= 15 is 0 Å². The molecule has 4 aromatic carbocycles. The van der Waals surface area contributed by atoms with Crippen molar-refractivity contribution in [1.82, 2.24) is 9.97 Å². The summed E-state index contributed by atoms with van der Waals surface area (Å²) in [6.07, 6.45) is 5.19. The van der Waals surface area contributed by atoms with Crippen LogP contribution in [0.5, 0.6) is 0 Å². The second-order valence-electron chi connectivity index (χ2n) is 9.74. The predicted octanol–water partition coefficient (Wildman–Crippen LogP) is 5.68. The fourth-order valence-electron chi connectivity index (χ4n) is 5.72. The average molecular weight is 581 g/mol. The number of aromatic nitrogens is 2. The van der Waals surface area contributed by atoms with Gasteiger partial charge in [0.25, 0.3) is 0 Å². The van der Waals surface area contributed by atoms with Crippen molar-refractivity contribution in [2.45, 2.75) is 0 Å². The van der Waals surface area contributed by atoms with Crippen LogP contribution in [0.1, 0.15) is 26.3 Å². The average Bonchev–Trinajstić information content (AvgIpc) is 3.26. The summed E-state index contributed by atoms with van der Waals surface area (Å²) in [6.45, 7) is 0. The molecule has 0 spiro atoms. The van der Waals surface area contributed by atoms with Crippen molar-refractivity contribution in [3.05, 3.63) is 132 Å². The molecule has 0 radical (unpaired) electrons. The second-order valence-corrected chi connectivity index (χ2v) is 12.0.